The number of ether oxygens (including phenoxy) is 4. The van der Waals surface area contributed by atoms with Crippen molar-refractivity contribution in [2.45, 2.75) is 51.8 Å². The highest BCUT2D eigenvalue weighted by Crippen LogP contribution is 2.43. The third kappa shape index (κ3) is 4.25. The van der Waals surface area contributed by atoms with E-state index in [9.17, 15) is 4.79 Å². The standard InChI is InChI=1S/C28H33NO5/c1-8-9-17-12-20-22-14-25(32-6)26(33-7)15-23(22)21-13-18(31-5)10-11-19(21)24(20)16-29(17)27(30)34-28(2,3)4/h8,10-11,13-15,17H,1,9,12,16H2,2-7H3/t17-/m0/s1. The van der Waals surface area contributed by atoms with Gasteiger partial charge in [0, 0.05) is 6.04 Å². The molecule has 1 atom stereocenters. The molecular weight excluding hydrogens is 430 g/mol. The van der Waals surface area contributed by atoms with Crippen LogP contribution in [0.15, 0.2) is 43.0 Å². The Hall–Kier alpha value is -3.41. The fourth-order valence-corrected chi connectivity index (χ4v) is 4.81. The third-order valence-electron chi connectivity index (χ3n) is 6.33. The molecule has 0 unspecified atom stereocenters. The number of methoxy groups -OCH3 is 3. The molecule has 1 aliphatic heterocycles. The normalized spacial score (nSPS) is 15.7. The van der Waals surface area contributed by atoms with E-state index in [1.54, 1.807) is 21.3 Å². The van der Waals surface area contributed by atoms with Gasteiger partial charge < -0.3 is 23.8 Å². The van der Waals surface area contributed by atoms with E-state index in [2.05, 4.69) is 12.6 Å². The van der Waals surface area contributed by atoms with E-state index in [4.69, 9.17) is 18.9 Å². The summed E-state index contributed by atoms with van der Waals surface area (Å²) in [4.78, 5) is 15.0. The molecule has 6 heteroatoms. The minimum absolute atomic E-state index is 0.0492. The molecule has 1 aliphatic rings. The van der Waals surface area contributed by atoms with Gasteiger partial charge in [0.1, 0.15) is 11.4 Å². The zero-order valence-corrected chi connectivity index (χ0v) is 20.9. The molecule has 0 saturated carbocycles. The Morgan fingerprint density at radius 1 is 0.971 bits per heavy atom. The van der Waals surface area contributed by atoms with Gasteiger partial charge in [-0.05, 0) is 90.6 Å². The Balaban J connectivity index is 1.99. The minimum atomic E-state index is -0.571. The monoisotopic (exact) mass is 463 g/mol. The minimum Gasteiger partial charge on any atom is -0.497 e. The maximum absolute atomic E-state index is 13.2. The summed E-state index contributed by atoms with van der Waals surface area (Å²) in [6.07, 6.45) is 2.92. The van der Waals surface area contributed by atoms with Gasteiger partial charge in [0.25, 0.3) is 0 Å². The summed E-state index contributed by atoms with van der Waals surface area (Å²) in [7, 11) is 4.95. The van der Waals surface area contributed by atoms with Crippen molar-refractivity contribution in [3.8, 4) is 17.2 Å². The van der Waals surface area contributed by atoms with Crippen LogP contribution in [0.1, 0.15) is 38.3 Å². The highest BCUT2D eigenvalue weighted by Gasteiger charge is 2.34. The topological polar surface area (TPSA) is 57.2 Å². The maximum atomic E-state index is 13.2. The van der Waals surface area contributed by atoms with Crippen LogP contribution in [0.5, 0.6) is 17.2 Å². The predicted molar refractivity (Wildman–Crippen MR) is 135 cm³/mol. The van der Waals surface area contributed by atoms with E-state index < -0.39 is 5.60 Å². The van der Waals surface area contributed by atoms with Crippen molar-refractivity contribution in [2.24, 2.45) is 0 Å². The zero-order valence-electron chi connectivity index (χ0n) is 20.9. The van der Waals surface area contributed by atoms with E-state index in [1.165, 1.54) is 5.56 Å². The lowest BCUT2D eigenvalue weighted by atomic mass is 9.84. The van der Waals surface area contributed by atoms with Crippen LogP contribution in [0.25, 0.3) is 21.5 Å². The summed E-state index contributed by atoms with van der Waals surface area (Å²) in [5.74, 6) is 2.12. The van der Waals surface area contributed by atoms with E-state index >= 15 is 0 Å². The summed E-state index contributed by atoms with van der Waals surface area (Å²) in [5, 5.41) is 4.28. The van der Waals surface area contributed by atoms with Crippen LogP contribution in [0.2, 0.25) is 0 Å². The fraction of sp³-hybridized carbons (Fsp3) is 0.393. The summed E-state index contributed by atoms with van der Waals surface area (Å²) in [6.45, 7) is 10.1. The van der Waals surface area contributed by atoms with E-state index in [-0.39, 0.29) is 12.1 Å². The first kappa shape index (κ1) is 23.7. The fourth-order valence-electron chi connectivity index (χ4n) is 4.81. The number of rotatable bonds is 5. The average molecular weight is 464 g/mol. The van der Waals surface area contributed by atoms with Gasteiger partial charge in [0.2, 0.25) is 0 Å². The Morgan fingerprint density at radius 3 is 2.21 bits per heavy atom. The maximum Gasteiger partial charge on any atom is 0.410 e. The van der Waals surface area contributed by atoms with Crippen molar-refractivity contribution in [2.75, 3.05) is 21.3 Å². The van der Waals surface area contributed by atoms with Crippen LogP contribution in [0.3, 0.4) is 0 Å². The summed E-state index contributed by atoms with van der Waals surface area (Å²) in [5.41, 5.74) is 1.75. The summed E-state index contributed by atoms with van der Waals surface area (Å²) in [6, 6.07) is 10.1. The van der Waals surface area contributed by atoms with Gasteiger partial charge in [-0.25, -0.2) is 4.79 Å². The molecule has 1 amide bonds. The molecule has 0 aromatic heterocycles. The van der Waals surface area contributed by atoms with Gasteiger partial charge >= 0.3 is 6.09 Å². The molecule has 3 aromatic rings. The lowest BCUT2D eigenvalue weighted by Gasteiger charge is -2.38. The van der Waals surface area contributed by atoms with E-state index in [1.807, 2.05) is 56.0 Å². The molecule has 1 heterocycles. The number of nitrogens with zero attached hydrogens (tertiary/aromatic N) is 1. The number of carbonyl (C=O) groups is 1. The Labute approximate surface area is 201 Å². The van der Waals surface area contributed by atoms with Crippen LogP contribution in [0, 0.1) is 0 Å². The second kappa shape index (κ2) is 9.09. The SMILES string of the molecule is C=CC[C@H]1Cc2c(c3ccc(OC)cc3c3cc(OC)c(OC)cc23)CN1C(=O)OC(C)(C)C. The largest absolute Gasteiger partial charge is 0.497 e. The van der Waals surface area contributed by atoms with E-state index in [0.29, 0.717) is 30.9 Å². The zero-order chi connectivity index (χ0) is 24.6. The summed E-state index contributed by atoms with van der Waals surface area (Å²) < 4.78 is 22.5. The number of carbonyl (C=O) groups excluding carboxylic acids is 1. The molecule has 0 bridgehead atoms. The van der Waals surface area contributed by atoms with Gasteiger partial charge in [-0.2, -0.15) is 0 Å². The second-order valence-electron chi connectivity index (χ2n) is 9.61. The quantitative estimate of drug-likeness (QED) is 0.330. The molecule has 0 saturated heterocycles. The van der Waals surface area contributed by atoms with Crippen molar-refractivity contribution in [3.63, 3.8) is 0 Å². The first-order valence-electron chi connectivity index (χ1n) is 11.5. The molecule has 0 fully saturated rings. The molecule has 0 aliphatic carbocycles. The number of amides is 1. The van der Waals surface area contributed by atoms with E-state index in [0.717, 1.165) is 32.9 Å². The van der Waals surface area contributed by atoms with Crippen LogP contribution in [-0.2, 0) is 17.7 Å². The molecule has 34 heavy (non-hydrogen) atoms. The first-order valence-corrected chi connectivity index (χ1v) is 11.5. The average Bonchev–Trinajstić information content (AvgIpc) is 2.81. The molecule has 0 radical (unpaired) electrons. The van der Waals surface area contributed by atoms with Crippen molar-refractivity contribution < 1.29 is 23.7 Å². The molecule has 0 spiro atoms. The third-order valence-corrected chi connectivity index (χ3v) is 6.33. The van der Waals surface area contributed by atoms with Gasteiger partial charge in [0.05, 0.1) is 27.9 Å². The van der Waals surface area contributed by atoms with Gasteiger partial charge in [-0.1, -0.05) is 12.1 Å². The smallest absolute Gasteiger partial charge is 0.410 e. The molecular formula is C28H33NO5. The molecule has 3 aromatic carbocycles. The Kier molecular flexibility index (Phi) is 6.34. The predicted octanol–water partition coefficient (Wildman–Crippen LogP) is 6.26. The number of fused-ring (bicyclic) bond motifs is 6. The van der Waals surface area contributed by atoms with Gasteiger partial charge in [-0.15, -0.1) is 6.58 Å². The van der Waals surface area contributed by atoms with Crippen LogP contribution in [-0.4, -0.2) is 44.0 Å². The lowest BCUT2D eigenvalue weighted by Crippen LogP contribution is -2.46. The molecule has 0 N–H and O–H groups in total. The Morgan fingerprint density at radius 2 is 1.62 bits per heavy atom. The van der Waals surface area contributed by atoms with Crippen molar-refractivity contribution in [3.05, 3.63) is 54.1 Å². The highest BCUT2D eigenvalue weighted by molar-refractivity contribution is 6.12. The number of hydrogen-bond donors (Lipinski definition) is 0. The van der Waals surface area contributed by atoms with Gasteiger partial charge in [0.15, 0.2) is 11.5 Å². The molecule has 4 rings (SSSR count). The summed E-state index contributed by atoms with van der Waals surface area (Å²) >= 11 is 0. The lowest BCUT2D eigenvalue weighted by molar-refractivity contribution is 0.0124. The van der Waals surface area contributed by atoms with Crippen LogP contribution >= 0.6 is 0 Å². The highest BCUT2D eigenvalue weighted by atomic mass is 16.6. The van der Waals surface area contributed by atoms with Crippen molar-refractivity contribution in [1.29, 1.82) is 0 Å². The van der Waals surface area contributed by atoms with Gasteiger partial charge in [-0.3, -0.25) is 0 Å². The van der Waals surface area contributed by atoms with Crippen molar-refractivity contribution >= 4 is 27.6 Å². The Bertz CT molecular complexity index is 1260. The van der Waals surface area contributed by atoms with Crippen LogP contribution in [0.4, 0.5) is 4.79 Å². The first-order chi connectivity index (χ1) is 16.2. The molecule has 180 valence electrons. The number of hydrogen-bond acceptors (Lipinski definition) is 5. The second-order valence-corrected chi connectivity index (χ2v) is 9.61. The van der Waals surface area contributed by atoms with Crippen molar-refractivity contribution in [1.82, 2.24) is 4.90 Å². The molecule has 6 nitrogen and oxygen atoms in total. The number of benzene rings is 3. The van der Waals surface area contributed by atoms with Crippen LogP contribution < -0.4 is 14.2 Å².